The summed E-state index contributed by atoms with van der Waals surface area (Å²) in [5.41, 5.74) is 0.536. The van der Waals surface area contributed by atoms with Crippen LogP contribution in [0.4, 0.5) is 18.3 Å². The van der Waals surface area contributed by atoms with Gasteiger partial charge in [0.25, 0.3) is 15.9 Å². The molecule has 1 heterocycles. The predicted octanol–water partition coefficient (Wildman–Crippen LogP) is 4.79. The van der Waals surface area contributed by atoms with E-state index in [4.69, 9.17) is 9.47 Å². The Hall–Kier alpha value is -3.39. The summed E-state index contributed by atoms with van der Waals surface area (Å²) in [7, 11) is -2.71. The van der Waals surface area contributed by atoms with Gasteiger partial charge in [0.05, 0.1) is 24.8 Å². The highest BCUT2D eigenvalue weighted by Crippen LogP contribution is 2.36. The van der Waals surface area contributed by atoms with Gasteiger partial charge in [-0.1, -0.05) is 25.2 Å². The highest BCUT2D eigenvalue weighted by Gasteiger charge is 2.33. The molecule has 0 radical (unpaired) electrons. The molecule has 1 atom stereocenters. The topological polar surface area (TPSA) is 120 Å². The van der Waals surface area contributed by atoms with E-state index >= 15 is 0 Å². The number of nitrogens with zero attached hydrogens (tertiary/aromatic N) is 2. The molecule has 210 valence electrons. The lowest BCUT2D eigenvalue weighted by Gasteiger charge is -2.16. The fourth-order valence-corrected chi connectivity index (χ4v) is 6.38. The minimum atomic E-state index is -4.58. The maximum atomic E-state index is 13.2. The number of fused-ring (bicyclic) bond motifs is 1. The van der Waals surface area contributed by atoms with E-state index < -0.39 is 33.7 Å². The van der Waals surface area contributed by atoms with Crippen LogP contribution >= 0.6 is 11.3 Å². The Labute approximate surface area is 227 Å². The number of anilines is 1. The van der Waals surface area contributed by atoms with E-state index in [0.717, 1.165) is 35.1 Å². The van der Waals surface area contributed by atoms with Crippen LogP contribution < -0.4 is 19.5 Å². The van der Waals surface area contributed by atoms with Gasteiger partial charge >= 0.3 is 6.18 Å². The number of ether oxygens (including phenoxy) is 2. The van der Waals surface area contributed by atoms with E-state index in [1.165, 1.54) is 13.2 Å². The van der Waals surface area contributed by atoms with E-state index in [0.29, 0.717) is 23.4 Å². The normalized spacial score (nSPS) is 15.2. The number of halogens is 3. The van der Waals surface area contributed by atoms with Gasteiger partial charge in [-0.25, -0.2) is 8.42 Å². The van der Waals surface area contributed by atoms with Crippen LogP contribution in [0.25, 0.3) is 0 Å². The second-order valence-electron chi connectivity index (χ2n) is 9.20. The molecule has 0 fully saturated rings. The van der Waals surface area contributed by atoms with E-state index in [2.05, 4.69) is 20.2 Å². The van der Waals surface area contributed by atoms with Gasteiger partial charge in [0.1, 0.15) is 21.4 Å². The van der Waals surface area contributed by atoms with Crippen molar-refractivity contribution < 1.29 is 35.9 Å². The van der Waals surface area contributed by atoms with Crippen LogP contribution in [0.3, 0.4) is 0 Å². The maximum absolute atomic E-state index is 13.2. The van der Waals surface area contributed by atoms with Gasteiger partial charge < -0.3 is 14.8 Å². The molecule has 1 amide bonds. The smallest absolute Gasteiger partial charge is 0.416 e. The van der Waals surface area contributed by atoms with Crippen LogP contribution in [0.5, 0.6) is 11.5 Å². The Morgan fingerprint density at radius 2 is 1.82 bits per heavy atom. The third-order valence-electron chi connectivity index (χ3n) is 6.05. The first-order valence-corrected chi connectivity index (χ1v) is 14.3. The third kappa shape index (κ3) is 6.27. The number of amides is 1. The quantitative estimate of drug-likeness (QED) is 0.371. The van der Waals surface area contributed by atoms with Crippen molar-refractivity contribution in [2.24, 2.45) is 0 Å². The highest BCUT2D eigenvalue weighted by atomic mass is 32.2. The lowest BCUT2D eigenvalue weighted by molar-refractivity contribution is -0.137. The minimum Gasteiger partial charge on any atom is -0.495 e. The number of methoxy groups -OCH3 is 1. The average molecular weight is 585 g/mol. The van der Waals surface area contributed by atoms with E-state index in [1.807, 2.05) is 13.8 Å². The maximum Gasteiger partial charge on any atom is 0.416 e. The molecule has 1 aliphatic rings. The first-order valence-electron chi connectivity index (χ1n) is 12.0. The molecule has 0 aliphatic heterocycles. The van der Waals surface area contributed by atoms with Crippen molar-refractivity contribution >= 4 is 32.4 Å². The van der Waals surface area contributed by atoms with Gasteiger partial charge in [-0.05, 0) is 61.2 Å². The summed E-state index contributed by atoms with van der Waals surface area (Å²) in [6, 6.07) is 5.41. The summed E-state index contributed by atoms with van der Waals surface area (Å²) in [6.07, 6.45) is -3.88. The van der Waals surface area contributed by atoms with Crippen molar-refractivity contribution in [2.45, 2.75) is 56.6 Å². The van der Waals surface area contributed by atoms with Gasteiger partial charge in [0, 0.05) is 12.0 Å². The van der Waals surface area contributed by atoms with Crippen LogP contribution in [-0.2, 0) is 29.0 Å². The van der Waals surface area contributed by atoms with Crippen molar-refractivity contribution in [1.82, 2.24) is 15.5 Å². The number of sulfonamides is 1. The molecule has 0 saturated heterocycles. The zero-order valence-electron chi connectivity index (χ0n) is 21.5. The molecule has 0 bridgehead atoms. The molecule has 39 heavy (non-hydrogen) atoms. The largest absolute Gasteiger partial charge is 0.495 e. The first kappa shape index (κ1) is 28.6. The molecule has 9 nitrogen and oxygen atoms in total. The van der Waals surface area contributed by atoms with Gasteiger partial charge in [-0.3, -0.25) is 9.52 Å². The summed E-state index contributed by atoms with van der Waals surface area (Å²) < 4.78 is 78.9. The Balaban J connectivity index is 1.54. The Morgan fingerprint density at radius 3 is 2.41 bits per heavy atom. The molecule has 14 heteroatoms. The highest BCUT2D eigenvalue weighted by molar-refractivity contribution is 7.93. The SMILES string of the molecule is CCOc1cc(C(F)(F)F)ccc1C(=O)NC1Cc2cc(OC)c(S(=O)(=O)Nc3nnc(C(C)C)s3)cc2C1. The van der Waals surface area contributed by atoms with Crippen LogP contribution in [0.2, 0.25) is 0 Å². The lowest BCUT2D eigenvalue weighted by atomic mass is 10.1. The second kappa shape index (κ2) is 11.0. The monoisotopic (exact) mass is 584 g/mol. The summed E-state index contributed by atoms with van der Waals surface area (Å²) in [5, 5.41) is 11.5. The molecule has 1 aliphatic carbocycles. The third-order valence-corrected chi connectivity index (χ3v) is 8.68. The molecule has 3 aromatic rings. The zero-order valence-corrected chi connectivity index (χ0v) is 23.2. The van der Waals surface area contributed by atoms with Crippen LogP contribution in [0.1, 0.15) is 58.7 Å². The summed E-state index contributed by atoms with van der Waals surface area (Å²) in [6.45, 7) is 5.54. The van der Waals surface area contributed by atoms with Gasteiger partial charge in [-0.2, -0.15) is 13.2 Å². The average Bonchev–Trinajstić information content (AvgIpc) is 3.48. The van der Waals surface area contributed by atoms with Crippen LogP contribution in [-0.4, -0.2) is 44.3 Å². The van der Waals surface area contributed by atoms with Crippen molar-refractivity contribution in [2.75, 3.05) is 18.4 Å². The molecular weight excluding hydrogens is 557 g/mol. The fraction of sp³-hybridized carbons (Fsp3) is 0.400. The number of alkyl halides is 3. The zero-order chi connectivity index (χ0) is 28.5. The number of aromatic nitrogens is 2. The number of hydrogen-bond acceptors (Lipinski definition) is 8. The molecule has 4 rings (SSSR count). The predicted molar refractivity (Wildman–Crippen MR) is 139 cm³/mol. The summed E-state index contributed by atoms with van der Waals surface area (Å²) in [4.78, 5) is 12.9. The summed E-state index contributed by atoms with van der Waals surface area (Å²) >= 11 is 1.14. The van der Waals surface area contributed by atoms with Crippen LogP contribution in [0.15, 0.2) is 35.2 Å². The fourth-order valence-electron chi connectivity index (χ4n) is 4.20. The number of hydrogen-bond donors (Lipinski definition) is 2. The molecular formula is C25H27F3N4O5S2. The molecule has 1 unspecified atom stereocenters. The van der Waals surface area contributed by atoms with Crippen LogP contribution in [0, 0.1) is 0 Å². The molecule has 0 spiro atoms. The Morgan fingerprint density at radius 1 is 1.13 bits per heavy atom. The minimum absolute atomic E-state index is 0.0244. The number of rotatable bonds is 9. The number of benzene rings is 2. The molecule has 2 aromatic carbocycles. The van der Waals surface area contributed by atoms with Crippen molar-refractivity contribution in [1.29, 1.82) is 0 Å². The van der Waals surface area contributed by atoms with Crippen molar-refractivity contribution in [3.05, 3.63) is 57.6 Å². The van der Waals surface area contributed by atoms with E-state index in [-0.39, 0.29) is 39.6 Å². The van der Waals surface area contributed by atoms with E-state index in [1.54, 1.807) is 13.0 Å². The number of nitrogens with one attached hydrogen (secondary N) is 2. The number of carbonyl (C=O) groups is 1. The van der Waals surface area contributed by atoms with Crippen molar-refractivity contribution in [3.63, 3.8) is 0 Å². The second-order valence-corrected chi connectivity index (χ2v) is 11.9. The van der Waals surface area contributed by atoms with E-state index in [9.17, 15) is 26.4 Å². The van der Waals surface area contributed by atoms with Crippen molar-refractivity contribution in [3.8, 4) is 11.5 Å². The molecule has 1 aromatic heterocycles. The Kier molecular flexibility index (Phi) is 8.07. The molecule has 2 N–H and O–H groups in total. The Bertz CT molecular complexity index is 1490. The van der Waals surface area contributed by atoms with Gasteiger partial charge in [0.2, 0.25) is 5.13 Å². The summed E-state index contributed by atoms with van der Waals surface area (Å²) in [5.74, 6) is -0.541. The van der Waals surface area contributed by atoms with Gasteiger partial charge in [-0.15, -0.1) is 10.2 Å². The number of carbonyl (C=O) groups excluding carboxylic acids is 1. The first-order chi connectivity index (χ1) is 18.3. The standard InChI is InChI=1S/C25H27F3N4O5S2/c1-5-37-19-12-16(25(26,27)28)6-7-18(19)22(33)29-17-8-14-10-20(36-4)21(11-15(14)9-17)39(34,35)32-24-31-30-23(38-24)13(2)3/h6-7,10-13,17H,5,8-9H2,1-4H3,(H,29,33)(H,31,32). The van der Waals surface area contributed by atoms with Gasteiger partial charge in [0.15, 0.2) is 0 Å². The lowest BCUT2D eigenvalue weighted by Crippen LogP contribution is -2.35. The molecule has 0 saturated carbocycles.